The predicted octanol–water partition coefficient (Wildman–Crippen LogP) is -1.14. The molecule has 0 aliphatic heterocycles. The van der Waals surface area contributed by atoms with Gasteiger partial charge < -0.3 is 30.6 Å². The van der Waals surface area contributed by atoms with Crippen LogP contribution < -0.4 is 0 Å². The predicted molar refractivity (Wildman–Crippen MR) is 24.6 cm³/mol. The SMILES string of the molecule is [S-2].[Se-2].[Sr+2].[Sr+2]. The molecule has 0 unspecified atom stereocenters. The molecule has 0 radical (unpaired) electrons. The second-order valence-electron chi connectivity index (χ2n) is 0. The van der Waals surface area contributed by atoms with Crippen molar-refractivity contribution in [3.8, 4) is 0 Å². The Morgan fingerprint density at radius 1 is 0.750 bits per heavy atom. The van der Waals surface area contributed by atoms with Crippen molar-refractivity contribution >= 4 is 122 Å². The fraction of sp³-hybridized carbons (Fsp3) is 0. The molecule has 0 aliphatic carbocycles. The van der Waals surface area contributed by atoms with Gasteiger partial charge in [0, 0.05) is 0 Å². The minimum absolute atomic E-state index is 0. The Balaban J connectivity index is 0. The molecule has 0 nitrogen and oxygen atoms in total. The van der Waals surface area contributed by atoms with Crippen LogP contribution in [0.25, 0.3) is 0 Å². The van der Waals surface area contributed by atoms with E-state index in [0.29, 0.717) is 0 Å². The summed E-state index contributed by atoms with van der Waals surface area (Å²) in [7, 11) is 0. The van der Waals surface area contributed by atoms with Crippen molar-refractivity contribution in [3.63, 3.8) is 0 Å². The summed E-state index contributed by atoms with van der Waals surface area (Å²) in [5.41, 5.74) is 0. The Labute approximate surface area is 118 Å². The molecule has 0 aromatic rings. The molecule has 4 heavy (non-hydrogen) atoms. The largest absolute Gasteiger partial charge is 2.00 e. The van der Waals surface area contributed by atoms with E-state index in [2.05, 4.69) is 0 Å². The van der Waals surface area contributed by atoms with Crippen molar-refractivity contribution in [1.29, 1.82) is 0 Å². The maximum absolute atomic E-state index is 0. The molecule has 0 aliphatic rings. The fourth-order valence-electron chi connectivity index (χ4n) is 0. The summed E-state index contributed by atoms with van der Waals surface area (Å²) in [5.74, 6) is 0. The van der Waals surface area contributed by atoms with E-state index in [1.165, 1.54) is 0 Å². The van der Waals surface area contributed by atoms with Crippen molar-refractivity contribution in [2.24, 2.45) is 0 Å². The summed E-state index contributed by atoms with van der Waals surface area (Å²) >= 11 is 0. The Hall–Kier alpha value is 3.83. The van der Waals surface area contributed by atoms with Crippen molar-refractivity contribution in [2.75, 3.05) is 0 Å². The summed E-state index contributed by atoms with van der Waals surface area (Å²) in [6.07, 6.45) is 0. The average molecular weight is 286 g/mol. The van der Waals surface area contributed by atoms with Crippen LogP contribution in [0.5, 0.6) is 0 Å². The molecule has 0 saturated heterocycles. The van der Waals surface area contributed by atoms with Gasteiger partial charge in [0.1, 0.15) is 0 Å². The molecule has 4 heteroatoms. The summed E-state index contributed by atoms with van der Waals surface area (Å²) in [6.45, 7) is 0. The van der Waals surface area contributed by atoms with Crippen molar-refractivity contribution < 1.29 is 0 Å². The van der Waals surface area contributed by atoms with Crippen molar-refractivity contribution in [3.05, 3.63) is 0 Å². The number of hydrogen-bond acceptors (Lipinski definition) is 0. The normalized spacial score (nSPS) is 0. The Morgan fingerprint density at radius 3 is 0.750 bits per heavy atom. The van der Waals surface area contributed by atoms with E-state index in [0.717, 1.165) is 0 Å². The van der Waals surface area contributed by atoms with Gasteiger partial charge in [-0.3, -0.25) is 0 Å². The maximum atomic E-state index is 0. The van der Waals surface area contributed by atoms with E-state index in [1.54, 1.807) is 0 Å². The molecular formula is SSeSr2. The van der Waals surface area contributed by atoms with Crippen LogP contribution in [-0.2, 0) is 13.5 Å². The van der Waals surface area contributed by atoms with E-state index in [9.17, 15) is 0 Å². The van der Waals surface area contributed by atoms with Gasteiger partial charge in [-0.25, -0.2) is 0 Å². The number of rotatable bonds is 0. The third-order valence-corrected chi connectivity index (χ3v) is 0. The van der Waals surface area contributed by atoms with Crippen molar-refractivity contribution in [1.82, 2.24) is 0 Å². The molecule has 0 spiro atoms. The van der Waals surface area contributed by atoms with Crippen LogP contribution in [0.4, 0.5) is 0 Å². The first-order valence-corrected chi connectivity index (χ1v) is 0. The topological polar surface area (TPSA) is 0 Å². The summed E-state index contributed by atoms with van der Waals surface area (Å²) in [5, 5.41) is 0. The van der Waals surface area contributed by atoms with Crippen LogP contribution in [0.1, 0.15) is 0 Å². The van der Waals surface area contributed by atoms with Crippen LogP contribution in [0, 0.1) is 0 Å². The van der Waals surface area contributed by atoms with Crippen molar-refractivity contribution in [2.45, 2.75) is 0 Å². The monoisotopic (exact) mass is 288 g/mol. The van der Waals surface area contributed by atoms with Crippen LogP contribution in [-0.4, -0.2) is 108 Å². The van der Waals surface area contributed by atoms with Gasteiger partial charge in [0.05, 0.1) is 0 Å². The zero-order chi connectivity index (χ0) is 0. The van der Waals surface area contributed by atoms with Gasteiger partial charge in [0.15, 0.2) is 0 Å². The standard InChI is InChI=1S/S.Se.2Sr/q2*-2;2*+2. The second-order valence-corrected chi connectivity index (χ2v) is 0. The Kier molecular flexibility index (Phi) is 98.5. The molecule has 0 amide bonds. The molecule has 0 aromatic carbocycles. The van der Waals surface area contributed by atoms with Gasteiger partial charge in [-0.05, 0) is 0 Å². The third kappa shape index (κ3) is 9.27. The molecule has 0 atom stereocenters. The first-order chi connectivity index (χ1) is 0. The first-order valence-electron chi connectivity index (χ1n) is 0. The van der Waals surface area contributed by atoms with E-state index in [1.807, 2.05) is 0 Å². The van der Waals surface area contributed by atoms with Crippen LogP contribution >= 0.6 is 0 Å². The second kappa shape index (κ2) is 15.8. The third-order valence-electron chi connectivity index (χ3n) is 0. The van der Waals surface area contributed by atoms with Gasteiger partial charge in [-0.2, -0.15) is 0 Å². The first kappa shape index (κ1) is 24.9. The summed E-state index contributed by atoms with van der Waals surface area (Å²) < 4.78 is 0. The van der Waals surface area contributed by atoms with Crippen LogP contribution in [0.2, 0.25) is 0 Å². The van der Waals surface area contributed by atoms with E-state index < -0.39 is 0 Å². The maximum Gasteiger partial charge on any atom is 2.00 e. The molecule has 0 saturated carbocycles. The number of hydrogen-bond donors (Lipinski definition) is 0. The van der Waals surface area contributed by atoms with Gasteiger partial charge in [-0.15, -0.1) is 0 Å². The summed E-state index contributed by atoms with van der Waals surface area (Å²) in [4.78, 5) is 0. The van der Waals surface area contributed by atoms with Gasteiger partial charge in [-0.1, -0.05) is 0 Å². The minimum atomic E-state index is 0. The molecule has 0 heterocycles. The Morgan fingerprint density at radius 2 is 0.750 bits per heavy atom. The van der Waals surface area contributed by atoms with Crippen LogP contribution in [0.15, 0.2) is 0 Å². The Bertz CT molecular complexity index is 6.00. The average Bonchev–Trinajstić information content (AvgIpc) is 0. The zero-order valence-corrected chi connectivity index (χ0v) is 11.7. The molecule has 0 bridgehead atoms. The molecule has 0 aromatic heterocycles. The molecule has 0 fully saturated rings. The molecule has 0 rings (SSSR count). The molecular weight excluding hydrogens is 286 g/mol. The quantitative estimate of drug-likeness (QED) is 0.494. The van der Waals surface area contributed by atoms with E-state index in [4.69, 9.17) is 0 Å². The van der Waals surface area contributed by atoms with Gasteiger partial charge in [0.2, 0.25) is 0 Å². The van der Waals surface area contributed by atoms with E-state index >= 15 is 0 Å². The van der Waals surface area contributed by atoms with Gasteiger partial charge >= 0.3 is 91.0 Å². The summed E-state index contributed by atoms with van der Waals surface area (Å²) in [6, 6.07) is 0. The fourth-order valence-corrected chi connectivity index (χ4v) is 0. The minimum Gasteiger partial charge on any atom is -2.00 e. The smallest absolute Gasteiger partial charge is 2.00 e. The van der Waals surface area contributed by atoms with Gasteiger partial charge in [0.25, 0.3) is 0 Å². The van der Waals surface area contributed by atoms with Crippen LogP contribution in [0.3, 0.4) is 0 Å². The molecule has 16 valence electrons. The molecule has 0 N–H and O–H groups in total. The zero-order valence-electron chi connectivity index (χ0n) is 2.23. The van der Waals surface area contributed by atoms with E-state index in [-0.39, 0.29) is 122 Å².